The lowest BCUT2D eigenvalue weighted by atomic mass is 10.2. The van der Waals surface area contributed by atoms with E-state index in [1.54, 1.807) is 7.05 Å². The van der Waals surface area contributed by atoms with Crippen molar-refractivity contribution in [1.29, 1.82) is 0 Å². The predicted octanol–water partition coefficient (Wildman–Crippen LogP) is 2.90. The second-order valence-corrected chi connectivity index (χ2v) is 5.89. The van der Waals surface area contributed by atoms with Crippen LogP contribution in [0, 0.1) is 5.82 Å². The van der Waals surface area contributed by atoms with Crippen molar-refractivity contribution in [1.82, 2.24) is 9.88 Å². The molecule has 0 aliphatic heterocycles. The van der Waals surface area contributed by atoms with Crippen molar-refractivity contribution >= 4 is 39.0 Å². The maximum atomic E-state index is 13.1. The molecule has 1 amide bonds. The zero-order chi connectivity index (χ0) is 14.0. The first-order valence-electron chi connectivity index (χ1n) is 5.37. The number of hydrogen-bond acceptors (Lipinski definition) is 4. The van der Waals surface area contributed by atoms with E-state index >= 15 is 0 Å². The Bertz CT molecular complexity index is 617. The molecule has 0 bridgehead atoms. The fraction of sp³-hybridized carbons (Fsp3) is 0.167. The summed E-state index contributed by atoms with van der Waals surface area (Å²) < 4.78 is 14.1. The van der Waals surface area contributed by atoms with Crippen LogP contribution >= 0.6 is 27.3 Å². The second-order valence-electron chi connectivity index (χ2n) is 3.98. The van der Waals surface area contributed by atoms with Crippen molar-refractivity contribution in [2.24, 2.45) is 0 Å². The lowest BCUT2D eigenvalue weighted by Gasteiger charge is -2.16. The van der Waals surface area contributed by atoms with E-state index in [0.717, 1.165) is 21.6 Å². The Labute approximate surface area is 122 Å². The SMILES string of the molecule is CN(Cc1cc(Br)cs1)C(=O)c1cc(F)cnc1N. The van der Waals surface area contributed by atoms with Crippen LogP contribution in [0.25, 0.3) is 0 Å². The molecule has 100 valence electrons. The minimum atomic E-state index is -0.579. The maximum Gasteiger partial charge on any atom is 0.257 e. The van der Waals surface area contributed by atoms with Gasteiger partial charge in [-0.05, 0) is 28.1 Å². The summed E-state index contributed by atoms with van der Waals surface area (Å²) in [5, 5.41) is 1.94. The van der Waals surface area contributed by atoms with Crippen molar-refractivity contribution in [2.75, 3.05) is 12.8 Å². The highest BCUT2D eigenvalue weighted by molar-refractivity contribution is 9.10. The van der Waals surface area contributed by atoms with E-state index in [-0.39, 0.29) is 17.3 Å². The Kier molecular flexibility index (Phi) is 4.16. The largest absolute Gasteiger partial charge is 0.383 e. The average molecular weight is 344 g/mol. The fourth-order valence-electron chi connectivity index (χ4n) is 1.57. The number of nitrogens with zero attached hydrogens (tertiary/aromatic N) is 2. The molecule has 0 aliphatic rings. The van der Waals surface area contributed by atoms with E-state index in [2.05, 4.69) is 20.9 Å². The van der Waals surface area contributed by atoms with E-state index in [1.807, 2.05) is 11.4 Å². The summed E-state index contributed by atoms with van der Waals surface area (Å²) in [5.41, 5.74) is 5.68. The van der Waals surface area contributed by atoms with Crippen LogP contribution in [0.2, 0.25) is 0 Å². The van der Waals surface area contributed by atoms with E-state index in [4.69, 9.17) is 5.73 Å². The van der Waals surface area contributed by atoms with E-state index in [1.165, 1.54) is 16.2 Å². The topological polar surface area (TPSA) is 59.2 Å². The van der Waals surface area contributed by atoms with Gasteiger partial charge in [-0.3, -0.25) is 4.79 Å². The lowest BCUT2D eigenvalue weighted by Crippen LogP contribution is -2.27. The Balaban J connectivity index is 2.16. The molecule has 0 saturated carbocycles. The van der Waals surface area contributed by atoms with Gasteiger partial charge < -0.3 is 10.6 Å². The number of carbonyl (C=O) groups is 1. The molecule has 4 nitrogen and oxygen atoms in total. The first-order chi connectivity index (χ1) is 8.97. The molecule has 0 saturated heterocycles. The van der Waals surface area contributed by atoms with Gasteiger partial charge in [0.1, 0.15) is 11.6 Å². The van der Waals surface area contributed by atoms with Crippen LogP contribution in [0.3, 0.4) is 0 Å². The predicted molar refractivity (Wildman–Crippen MR) is 76.4 cm³/mol. The molecule has 2 aromatic rings. The van der Waals surface area contributed by atoms with Crippen molar-refractivity contribution < 1.29 is 9.18 Å². The van der Waals surface area contributed by atoms with E-state index < -0.39 is 5.82 Å². The molecule has 0 radical (unpaired) electrons. The first-order valence-corrected chi connectivity index (χ1v) is 7.04. The number of carbonyl (C=O) groups excluding carboxylic acids is 1. The highest BCUT2D eigenvalue weighted by Crippen LogP contribution is 2.22. The van der Waals surface area contributed by atoms with Gasteiger partial charge in [-0.2, -0.15) is 0 Å². The molecule has 0 atom stereocenters. The Morgan fingerprint density at radius 2 is 2.32 bits per heavy atom. The molecule has 2 N–H and O–H groups in total. The van der Waals surface area contributed by atoms with Crippen LogP contribution in [0.15, 0.2) is 28.2 Å². The summed E-state index contributed by atoms with van der Waals surface area (Å²) in [6.45, 7) is 0.436. The standard InChI is InChI=1S/C12H11BrFN3OS/c1-17(5-9-2-7(13)6-19-9)12(18)10-3-8(14)4-16-11(10)15/h2-4,6H,5H2,1H3,(H2,15,16). The molecule has 19 heavy (non-hydrogen) atoms. The number of nitrogen functional groups attached to an aromatic ring is 1. The quantitative estimate of drug-likeness (QED) is 0.931. The number of pyridine rings is 1. The molecule has 0 spiro atoms. The Morgan fingerprint density at radius 3 is 2.95 bits per heavy atom. The van der Waals surface area contributed by atoms with Crippen LogP contribution in [0.5, 0.6) is 0 Å². The molecular formula is C12H11BrFN3OS. The third-order valence-electron chi connectivity index (χ3n) is 2.48. The van der Waals surface area contributed by atoms with Crippen LogP contribution < -0.4 is 5.73 Å². The molecule has 0 fully saturated rings. The summed E-state index contributed by atoms with van der Waals surface area (Å²) in [4.78, 5) is 18.3. The lowest BCUT2D eigenvalue weighted by molar-refractivity contribution is 0.0786. The van der Waals surface area contributed by atoms with Gasteiger partial charge in [-0.25, -0.2) is 9.37 Å². The van der Waals surface area contributed by atoms with Gasteiger partial charge in [-0.15, -0.1) is 11.3 Å². The number of halogens is 2. The van der Waals surface area contributed by atoms with Crippen LogP contribution in [-0.2, 0) is 6.54 Å². The van der Waals surface area contributed by atoms with Gasteiger partial charge in [0.25, 0.3) is 5.91 Å². The van der Waals surface area contributed by atoms with Gasteiger partial charge in [-0.1, -0.05) is 0 Å². The van der Waals surface area contributed by atoms with Crippen LogP contribution in [0.1, 0.15) is 15.2 Å². The van der Waals surface area contributed by atoms with Gasteiger partial charge >= 0.3 is 0 Å². The number of hydrogen-bond donors (Lipinski definition) is 1. The van der Waals surface area contributed by atoms with E-state index in [0.29, 0.717) is 6.54 Å². The molecule has 7 heteroatoms. The van der Waals surface area contributed by atoms with Crippen LogP contribution in [-0.4, -0.2) is 22.8 Å². The summed E-state index contributed by atoms with van der Waals surface area (Å²) in [6, 6.07) is 3.03. The summed E-state index contributed by atoms with van der Waals surface area (Å²) in [7, 11) is 1.64. The summed E-state index contributed by atoms with van der Waals surface area (Å²) in [6.07, 6.45) is 0.989. The van der Waals surface area contributed by atoms with Gasteiger partial charge in [0.2, 0.25) is 0 Å². The van der Waals surface area contributed by atoms with Gasteiger partial charge in [0.05, 0.1) is 18.3 Å². The third-order valence-corrected chi connectivity index (χ3v) is 4.16. The molecular weight excluding hydrogens is 333 g/mol. The summed E-state index contributed by atoms with van der Waals surface area (Å²) in [5.74, 6) is -0.899. The highest BCUT2D eigenvalue weighted by Gasteiger charge is 2.17. The molecule has 2 rings (SSSR count). The Morgan fingerprint density at radius 1 is 1.58 bits per heavy atom. The molecule has 0 aliphatic carbocycles. The van der Waals surface area contributed by atoms with Crippen molar-refractivity contribution in [3.63, 3.8) is 0 Å². The fourth-order valence-corrected chi connectivity index (χ4v) is 3.07. The smallest absolute Gasteiger partial charge is 0.257 e. The van der Waals surface area contributed by atoms with Crippen molar-refractivity contribution in [2.45, 2.75) is 6.54 Å². The number of thiophene rings is 1. The first kappa shape index (κ1) is 14.0. The van der Waals surface area contributed by atoms with Crippen LogP contribution in [0.4, 0.5) is 10.2 Å². The van der Waals surface area contributed by atoms with Crippen molar-refractivity contribution in [3.05, 3.63) is 44.4 Å². The minimum absolute atomic E-state index is 0.0330. The molecule has 0 unspecified atom stereocenters. The molecule has 0 aromatic carbocycles. The zero-order valence-electron chi connectivity index (χ0n) is 10.1. The highest BCUT2D eigenvalue weighted by atomic mass is 79.9. The normalized spacial score (nSPS) is 10.5. The maximum absolute atomic E-state index is 13.1. The number of anilines is 1. The second kappa shape index (κ2) is 5.66. The monoisotopic (exact) mass is 343 g/mol. The Hall–Kier alpha value is -1.47. The number of amides is 1. The third kappa shape index (κ3) is 3.30. The number of rotatable bonds is 3. The summed E-state index contributed by atoms with van der Waals surface area (Å²) >= 11 is 4.89. The van der Waals surface area contributed by atoms with Gasteiger partial charge in [0.15, 0.2) is 0 Å². The molecule has 2 aromatic heterocycles. The van der Waals surface area contributed by atoms with Crippen molar-refractivity contribution in [3.8, 4) is 0 Å². The average Bonchev–Trinajstić information content (AvgIpc) is 2.77. The van der Waals surface area contributed by atoms with E-state index in [9.17, 15) is 9.18 Å². The number of aromatic nitrogens is 1. The zero-order valence-corrected chi connectivity index (χ0v) is 12.5. The minimum Gasteiger partial charge on any atom is -0.383 e. The van der Waals surface area contributed by atoms with Gasteiger partial charge in [0, 0.05) is 21.8 Å². The number of nitrogens with two attached hydrogens (primary N) is 1. The molecule has 2 heterocycles.